The zero-order valence-corrected chi connectivity index (χ0v) is 13.6. The minimum Gasteiger partial charge on any atom is -0.291 e. The molecule has 6 heteroatoms. The number of aromatic nitrogens is 2. The zero-order valence-electron chi connectivity index (χ0n) is 13.6. The second-order valence-electron chi connectivity index (χ2n) is 6.39. The number of hydrogen-bond donors (Lipinski definition) is 0. The Kier molecular flexibility index (Phi) is 3.09. The van der Waals surface area contributed by atoms with Gasteiger partial charge in [-0.25, -0.2) is 8.91 Å². The third kappa shape index (κ3) is 2.09. The Morgan fingerprint density at radius 1 is 1.20 bits per heavy atom. The van der Waals surface area contributed by atoms with Gasteiger partial charge in [-0.05, 0) is 38.1 Å². The van der Waals surface area contributed by atoms with Crippen LogP contribution in [-0.4, -0.2) is 26.6 Å². The number of nitriles is 1. The molecule has 3 aromatic rings. The Balaban J connectivity index is 2.09. The van der Waals surface area contributed by atoms with E-state index in [1.165, 1.54) is 10.6 Å². The van der Waals surface area contributed by atoms with Gasteiger partial charge in [-0.2, -0.15) is 10.4 Å². The number of nitrogens with zero attached hydrogens (tertiary/aromatic N) is 4. The smallest absolute Gasteiger partial charge is 0.193 e. The molecule has 122 valence electrons. The van der Waals surface area contributed by atoms with Gasteiger partial charge in [0, 0.05) is 17.3 Å². The lowest BCUT2D eigenvalue weighted by Crippen LogP contribution is -2.37. The maximum Gasteiger partial charge on any atom is 0.193 e. The van der Waals surface area contributed by atoms with Crippen LogP contribution in [0.25, 0.3) is 5.52 Å². The van der Waals surface area contributed by atoms with Crippen molar-refractivity contribution in [3.63, 3.8) is 0 Å². The normalized spacial score (nSPS) is 15.6. The van der Waals surface area contributed by atoms with Crippen molar-refractivity contribution in [3.8, 4) is 6.07 Å². The number of ketones is 1. The lowest BCUT2D eigenvalue weighted by atomic mass is 9.83. The molecule has 5 nitrogen and oxygen atoms in total. The van der Waals surface area contributed by atoms with Crippen LogP contribution in [0.15, 0.2) is 47.6 Å². The topological polar surface area (TPSA) is 70.5 Å². The lowest BCUT2D eigenvalue weighted by Gasteiger charge is -2.27. The van der Waals surface area contributed by atoms with Gasteiger partial charge in [-0.3, -0.25) is 9.79 Å². The van der Waals surface area contributed by atoms with E-state index in [9.17, 15) is 14.4 Å². The van der Waals surface area contributed by atoms with E-state index in [1.54, 1.807) is 44.3 Å². The minimum absolute atomic E-state index is 0.0410. The van der Waals surface area contributed by atoms with Gasteiger partial charge < -0.3 is 0 Å². The average molecular weight is 332 g/mol. The van der Waals surface area contributed by atoms with E-state index >= 15 is 0 Å². The van der Waals surface area contributed by atoms with Gasteiger partial charge in [0.05, 0.1) is 16.8 Å². The van der Waals surface area contributed by atoms with Gasteiger partial charge in [0.2, 0.25) is 0 Å². The molecule has 0 atom stereocenters. The second-order valence-corrected chi connectivity index (χ2v) is 6.39. The number of hydrogen-bond acceptors (Lipinski definition) is 4. The van der Waals surface area contributed by atoms with Crippen molar-refractivity contribution in [2.75, 3.05) is 0 Å². The first-order valence-electron chi connectivity index (χ1n) is 7.75. The van der Waals surface area contributed by atoms with Crippen molar-refractivity contribution >= 4 is 17.0 Å². The Labute approximate surface area is 143 Å². The number of benzene rings is 1. The summed E-state index contributed by atoms with van der Waals surface area (Å²) >= 11 is 0. The van der Waals surface area contributed by atoms with E-state index in [0.29, 0.717) is 28.0 Å². The molecule has 2 aromatic heterocycles. The average Bonchev–Trinajstić information content (AvgIpc) is 2.97. The highest BCUT2D eigenvalue weighted by molar-refractivity contribution is 6.25. The lowest BCUT2D eigenvalue weighted by molar-refractivity contribution is 0.0908. The summed E-state index contributed by atoms with van der Waals surface area (Å²) in [6.45, 7) is 3.32. The fraction of sp³-hybridized carbons (Fsp3) is 0.158. The number of carbonyl (C=O) groups is 1. The van der Waals surface area contributed by atoms with Crippen molar-refractivity contribution in [1.82, 2.24) is 9.61 Å². The first-order chi connectivity index (χ1) is 11.9. The molecule has 3 heterocycles. The van der Waals surface area contributed by atoms with Crippen LogP contribution in [-0.2, 0) is 0 Å². The maximum absolute atomic E-state index is 14.4. The predicted octanol–water partition coefficient (Wildman–Crippen LogP) is 3.16. The zero-order chi connectivity index (χ0) is 17.8. The van der Waals surface area contributed by atoms with Gasteiger partial charge in [-0.1, -0.05) is 12.1 Å². The van der Waals surface area contributed by atoms with E-state index < -0.39 is 11.4 Å². The highest BCUT2D eigenvalue weighted by Crippen LogP contribution is 2.32. The number of carbonyl (C=O) groups excluding carboxylic acids is 1. The molecule has 4 rings (SSSR count). The Morgan fingerprint density at radius 3 is 2.76 bits per heavy atom. The second kappa shape index (κ2) is 5.08. The van der Waals surface area contributed by atoms with Gasteiger partial charge in [0.25, 0.3) is 0 Å². The third-order valence-electron chi connectivity index (χ3n) is 4.35. The molecule has 0 unspecified atom stereocenters. The molecular weight excluding hydrogens is 319 g/mol. The molecule has 0 saturated carbocycles. The van der Waals surface area contributed by atoms with Gasteiger partial charge in [0.15, 0.2) is 5.78 Å². The van der Waals surface area contributed by atoms with Crippen LogP contribution in [0.1, 0.15) is 41.0 Å². The first kappa shape index (κ1) is 15.2. The summed E-state index contributed by atoms with van der Waals surface area (Å²) in [7, 11) is 0. The molecule has 0 bridgehead atoms. The van der Waals surface area contributed by atoms with E-state index in [1.807, 2.05) is 6.07 Å². The van der Waals surface area contributed by atoms with Crippen LogP contribution in [0.3, 0.4) is 0 Å². The summed E-state index contributed by atoms with van der Waals surface area (Å²) in [5.41, 5.74) is 1.56. The quantitative estimate of drug-likeness (QED) is 0.687. The molecule has 0 fully saturated rings. The van der Waals surface area contributed by atoms with E-state index in [-0.39, 0.29) is 11.3 Å². The summed E-state index contributed by atoms with van der Waals surface area (Å²) in [6, 6.07) is 11.8. The van der Waals surface area contributed by atoms with Crippen LogP contribution in [0.2, 0.25) is 0 Å². The third-order valence-corrected chi connectivity index (χ3v) is 4.35. The SMILES string of the molecule is CC1(C)N=C(c2cc(C#N)n3ncccc23)c2cccc(F)c2C1=O. The van der Waals surface area contributed by atoms with Crippen LogP contribution in [0.5, 0.6) is 0 Å². The molecule has 0 spiro atoms. The van der Waals surface area contributed by atoms with Crippen molar-refractivity contribution in [3.05, 3.63) is 70.8 Å². The molecule has 1 aliphatic rings. The summed E-state index contributed by atoms with van der Waals surface area (Å²) < 4.78 is 15.9. The molecule has 0 saturated heterocycles. The Morgan fingerprint density at radius 2 is 2.00 bits per heavy atom. The maximum atomic E-state index is 14.4. The van der Waals surface area contributed by atoms with Gasteiger partial charge >= 0.3 is 0 Å². The summed E-state index contributed by atoms with van der Waals surface area (Å²) in [4.78, 5) is 17.2. The van der Waals surface area contributed by atoms with Crippen molar-refractivity contribution in [2.45, 2.75) is 19.4 Å². The van der Waals surface area contributed by atoms with Crippen molar-refractivity contribution < 1.29 is 9.18 Å². The van der Waals surface area contributed by atoms with E-state index in [0.717, 1.165) is 0 Å². The molecule has 0 amide bonds. The Bertz CT molecular complexity index is 1120. The molecule has 25 heavy (non-hydrogen) atoms. The van der Waals surface area contributed by atoms with Crippen molar-refractivity contribution in [2.24, 2.45) is 4.99 Å². The molecular formula is C19H13FN4O. The summed E-state index contributed by atoms with van der Waals surface area (Å²) in [5.74, 6) is -0.920. The fourth-order valence-electron chi connectivity index (χ4n) is 3.16. The number of aliphatic imine (C=N–C) groups is 1. The summed E-state index contributed by atoms with van der Waals surface area (Å²) in [5, 5.41) is 13.6. The van der Waals surface area contributed by atoms with Crippen LogP contribution >= 0.6 is 0 Å². The highest BCUT2D eigenvalue weighted by atomic mass is 19.1. The minimum atomic E-state index is -1.09. The molecule has 0 radical (unpaired) electrons. The highest BCUT2D eigenvalue weighted by Gasteiger charge is 2.38. The fourth-order valence-corrected chi connectivity index (χ4v) is 3.16. The van der Waals surface area contributed by atoms with Gasteiger partial charge in [-0.15, -0.1) is 0 Å². The standard InChI is InChI=1S/C19H13FN4O/c1-19(2)18(25)16-12(5-3-6-14(16)20)17(23-19)13-9-11(10-21)24-15(13)7-4-8-22-24/h3-9H,1-2H3. The number of rotatable bonds is 1. The Hall–Kier alpha value is -3.33. The molecule has 0 aliphatic carbocycles. The number of Topliss-reactive ketones (excluding diaryl/α,β-unsaturated/α-hetero) is 1. The van der Waals surface area contributed by atoms with E-state index in [2.05, 4.69) is 16.2 Å². The van der Waals surface area contributed by atoms with Crippen LogP contribution in [0, 0.1) is 17.1 Å². The van der Waals surface area contributed by atoms with Crippen LogP contribution < -0.4 is 0 Å². The summed E-state index contributed by atoms with van der Waals surface area (Å²) in [6.07, 6.45) is 1.58. The van der Waals surface area contributed by atoms with Crippen molar-refractivity contribution in [1.29, 1.82) is 5.26 Å². The number of fused-ring (bicyclic) bond motifs is 2. The van der Waals surface area contributed by atoms with E-state index in [4.69, 9.17) is 0 Å². The first-order valence-corrected chi connectivity index (χ1v) is 7.75. The molecule has 0 N–H and O–H groups in total. The largest absolute Gasteiger partial charge is 0.291 e. The molecule has 1 aromatic carbocycles. The monoisotopic (exact) mass is 332 g/mol. The predicted molar refractivity (Wildman–Crippen MR) is 90.4 cm³/mol. The van der Waals surface area contributed by atoms with Crippen LogP contribution in [0.4, 0.5) is 4.39 Å². The number of halogens is 1. The van der Waals surface area contributed by atoms with Gasteiger partial charge in [0.1, 0.15) is 23.1 Å². The molecule has 1 aliphatic heterocycles.